The molecule has 1 nitrogen and oxygen atoms in total. The van der Waals surface area contributed by atoms with Crippen molar-refractivity contribution in [1.82, 2.24) is 0 Å². The number of benzene rings is 1. The Balaban J connectivity index is 2.43. The normalized spacial score (nSPS) is 24.2. The Bertz CT molecular complexity index is 438. The van der Waals surface area contributed by atoms with E-state index in [0.29, 0.717) is 12.8 Å². The Morgan fingerprint density at radius 2 is 1.26 bits per heavy atom. The lowest BCUT2D eigenvalue weighted by molar-refractivity contribution is -0.143. The lowest BCUT2D eigenvalue weighted by Gasteiger charge is -2.33. The highest BCUT2D eigenvalue weighted by Gasteiger charge is 2.38. The van der Waals surface area contributed by atoms with E-state index in [9.17, 15) is 26.3 Å². The summed E-state index contributed by atoms with van der Waals surface area (Å²) < 4.78 is 75.6. The number of rotatable bonds is 1. The Hall–Kier alpha value is -1.24. The number of alkyl halides is 6. The predicted octanol–water partition coefficient (Wildman–Crippen LogP) is 3.93. The van der Waals surface area contributed by atoms with Crippen molar-refractivity contribution in [3.05, 3.63) is 34.9 Å². The molecule has 1 aromatic carbocycles. The summed E-state index contributed by atoms with van der Waals surface area (Å²) in [4.78, 5) is 0. The van der Waals surface area contributed by atoms with Crippen molar-refractivity contribution in [2.45, 2.75) is 37.2 Å². The van der Waals surface area contributed by atoms with E-state index in [1.807, 2.05) is 0 Å². The molecule has 0 atom stereocenters. The van der Waals surface area contributed by atoms with Gasteiger partial charge in [-0.2, -0.15) is 26.3 Å². The van der Waals surface area contributed by atoms with Crippen molar-refractivity contribution < 1.29 is 26.3 Å². The van der Waals surface area contributed by atoms with Crippen molar-refractivity contribution >= 4 is 0 Å². The monoisotopic (exact) mass is 283 g/mol. The van der Waals surface area contributed by atoms with Gasteiger partial charge in [0.2, 0.25) is 0 Å². The van der Waals surface area contributed by atoms with Crippen LogP contribution >= 0.6 is 0 Å². The van der Waals surface area contributed by atoms with Gasteiger partial charge in [0.15, 0.2) is 0 Å². The molecule has 0 bridgehead atoms. The van der Waals surface area contributed by atoms with Crippen LogP contribution in [-0.4, -0.2) is 6.04 Å². The molecule has 0 unspecified atom stereocenters. The van der Waals surface area contributed by atoms with Crippen LogP contribution in [0.1, 0.15) is 35.4 Å². The highest BCUT2D eigenvalue weighted by molar-refractivity contribution is 5.36. The molecule has 1 saturated carbocycles. The van der Waals surface area contributed by atoms with Gasteiger partial charge in [-0.3, -0.25) is 0 Å². The maximum Gasteiger partial charge on any atom is 0.416 e. The van der Waals surface area contributed by atoms with Gasteiger partial charge >= 0.3 is 12.4 Å². The maximum atomic E-state index is 12.6. The van der Waals surface area contributed by atoms with Gasteiger partial charge in [0.25, 0.3) is 0 Å². The lowest BCUT2D eigenvalue weighted by Crippen LogP contribution is -2.35. The van der Waals surface area contributed by atoms with Gasteiger partial charge in [-0.05, 0) is 42.5 Å². The Morgan fingerprint density at radius 3 is 1.58 bits per heavy atom. The molecule has 0 spiro atoms. The highest BCUT2D eigenvalue weighted by atomic mass is 19.4. The van der Waals surface area contributed by atoms with Crippen molar-refractivity contribution in [3.63, 3.8) is 0 Å². The van der Waals surface area contributed by atoms with Crippen LogP contribution in [0.2, 0.25) is 0 Å². The van der Waals surface area contributed by atoms with E-state index < -0.39 is 23.5 Å². The van der Waals surface area contributed by atoms with Gasteiger partial charge in [0.1, 0.15) is 0 Å². The first-order valence-electron chi connectivity index (χ1n) is 5.62. The number of hydrogen-bond donors (Lipinski definition) is 1. The van der Waals surface area contributed by atoms with Crippen LogP contribution in [0.3, 0.4) is 0 Å². The third-order valence-corrected chi connectivity index (χ3v) is 3.26. The zero-order valence-corrected chi connectivity index (χ0v) is 9.65. The molecule has 0 aromatic heterocycles. The number of nitrogens with two attached hydrogens (primary N) is 1. The summed E-state index contributed by atoms with van der Waals surface area (Å²) >= 11 is 0. The second-order valence-electron chi connectivity index (χ2n) is 4.77. The van der Waals surface area contributed by atoms with E-state index >= 15 is 0 Å². The topological polar surface area (TPSA) is 26.0 Å². The minimum Gasteiger partial charge on any atom is -0.328 e. The third-order valence-electron chi connectivity index (χ3n) is 3.26. The van der Waals surface area contributed by atoms with Crippen LogP contribution in [0.4, 0.5) is 26.3 Å². The van der Waals surface area contributed by atoms with Crippen LogP contribution in [0.5, 0.6) is 0 Å². The van der Waals surface area contributed by atoms with E-state index in [4.69, 9.17) is 5.73 Å². The van der Waals surface area contributed by atoms with Crippen LogP contribution in [-0.2, 0) is 12.4 Å². The average Bonchev–Trinajstić information content (AvgIpc) is 2.22. The molecule has 0 radical (unpaired) electrons. The van der Waals surface area contributed by atoms with E-state index in [2.05, 4.69) is 0 Å². The van der Waals surface area contributed by atoms with Gasteiger partial charge in [-0.15, -0.1) is 0 Å². The molecule has 1 aromatic rings. The minimum atomic E-state index is -4.79. The third kappa shape index (κ3) is 3.02. The molecular formula is C12H11F6N. The molecule has 1 fully saturated rings. The minimum absolute atomic E-state index is 0.0591. The second-order valence-corrected chi connectivity index (χ2v) is 4.77. The molecule has 1 aliphatic rings. The highest BCUT2D eigenvalue weighted by Crippen LogP contribution is 2.42. The zero-order valence-electron chi connectivity index (χ0n) is 9.65. The van der Waals surface area contributed by atoms with Crippen LogP contribution in [0.25, 0.3) is 0 Å². The fraction of sp³-hybridized carbons (Fsp3) is 0.500. The van der Waals surface area contributed by atoms with Crippen molar-refractivity contribution in [1.29, 1.82) is 0 Å². The predicted molar refractivity (Wildman–Crippen MR) is 56.4 cm³/mol. The SMILES string of the molecule is NC1CC(c2cc(C(F)(F)F)cc(C(F)(F)F)c2)C1. The van der Waals surface area contributed by atoms with Crippen molar-refractivity contribution in [3.8, 4) is 0 Å². The number of hydrogen-bond acceptors (Lipinski definition) is 1. The molecule has 0 aliphatic heterocycles. The van der Waals surface area contributed by atoms with Gasteiger partial charge in [-0.1, -0.05) is 0 Å². The molecule has 19 heavy (non-hydrogen) atoms. The zero-order chi connectivity index (χ0) is 14.4. The smallest absolute Gasteiger partial charge is 0.328 e. The summed E-state index contributed by atoms with van der Waals surface area (Å²) in [7, 11) is 0. The lowest BCUT2D eigenvalue weighted by atomic mass is 9.75. The average molecular weight is 283 g/mol. The first-order chi connectivity index (χ1) is 8.57. The summed E-state index contributed by atoms with van der Waals surface area (Å²) in [5.41, 5.74) is 3.04. The maximum absolute atomic E-state index is 12.6. The van der Waals surface area contributed by atoms with Gasteiger partial charge < -0.3 is 5.73 Å². The van der Waals surface area contributed by atoms with Gasteiger partial charge in [0, 0.05) is 6.04 Å². The standard InChI is InChI=1S/C12H11F6N/c13-11(14,15)8-1-6(7-3-10(19)4-7)2-9(5-8)12(16,17)18/h1-2,5,7,10H,3-4,19H2. The van der Waals surface area contributed by atoms with Gasteiger partial charge in [-0.25, -0.2) is 0 Å². The Labute approximate surface area is 105 Å². The first kappa shape index (κ1) is 14.2. The summed E-state index contributed by atoms with van der Waals surface area (Å²) in [5.74, 6) is -0.321. The first-order valence-corrected chi connectivity index (χ1v) is 5.62. The molecular weight excluding hydrogens is 272 g/mol. The van der Waals surface area contributed by atoms with E-state index in [-0.39, 0.29) is 23.6 Å². The van der Waals surface area contributed by atoms with Gasteiger partial charge in [0.05, 0.1) is 11.1 Å². The summed E-state index contributed by atoms with van der Waals surface area (Å²) in [6.45, 7) is 0. The Kier molecular flexibility index (Phi) is 3.28. The molecule has 0 amide bonds. The molecule has 0 saturated heterocycles. The van der Waals surface area contributed by atoms with Crippen molar-refractivity contribution in [2.75, 3.05) is 0 Å². The largest absolute Gasteiger partial charge is 0.416 e. The quantitative estimate of drug-likeness (QED) is 0.776. The molecule has 2 N–H and O–H groups in total. The number of halogens is 6. The molecule has 1 aliphatic carbocycles. The van der Waals surface area contributed by atoms with E-state index in [1.165, 1.54) is 0 Å². The molecule has 2 rings (SSSR count). The summed E-state index contributed by atoms with van der Waals surface area (Å²) in [6.07, 6.45) is -8.75. The molecule has 106 valence electrons. The molecule has 0 heterocycles. The second kappa shape index (κ2) is 4.40. The Morgan fingerprint density at radius 1 is 0.842 bits per heavy atom. The fourth-order valence-electron chi connectivity index (χ4n) is 2.15. The fourth-order valence-corrected chi connectivity index (χ4v) is 2.15. The molecule has 7 heteroatoms. The summed E-state index contributed by atoms with van der Waals surface area (Å²) in [5, 5.41) is 0. The summed E-state index contributed by atoms with van der Waals surface area (Å²) in [6, 6.07) is 1.56. The van der Waals surface area contributed by atoms with E-state index in [0.717, 1.165) is 12.1 Å². The van der Waals surface area contributed by atoms with Crippen LogP contribution in [0, 0.1) is 0 Å². The van der Waals surface area contributed by atoms with Crippen molar-refractivity contribution in [2.24, 2.45) is 5.73 Å². The van der Waals surface area contributed by atoms with Crippen LogP contribution in [0.15, 0.2) is 18.2 Å². The van der Waals surface area contributed by atoms with Crippen LogP contribution < -0.4 is 5.73 Å². The van der Waals surface area contributed by atoms with E-state index in [1.54, 1.807) is 0 Å².